The smallest absolute Gasteiger partial charge is 0.422 e. The number of carbonyl (C=O) groups is 2. The summed E-state index contributed by atoms with van der Waals surface area (Å²) in [6.45, 7) is 1.97. The maximum atomic E-state index is 12.8. The first-order chi connectivity index (χ1) is 15.1. The zero-order chi connectivity index (χ0) is 23.5. The molecule has 12 heteroatoms. The van der Waals surface area contributed by atoms with E-state index >= 15 is 0 Å². The van der Waals surface area contributed by atoms with Gasteiger partial charge in [0.25, 0.3) is 11.8 Å². The van der Waals surface area contributed by atoms with Crippen molar-refractivity contribution in [2.75, 3.05) is 13.2 Å². The molecule has 2 amide bonds. The summed E-state index contributed by atoms with van der Waals surface area (Å²) in [6, 6.07) is 2.85. The molecule has 0 saturated carbocycles. The third-order valence-corrected chi connectivity index (χ3v) is 4.76. The van der Waals surface area contributed by atoms with Crippen LogP contribution in [0.3, 0.4) is 0 Å². The second kappa shape index (κ2) is 9.53. The SMILES string of the molecule is C=C[C@@H](O)CNC(=O)c1nccc2c1CN(Cc1cnc(OCC(F)(F)F)c(Cl)c1)C2=O. The van der Waals surface area contributed by atoms with E-state index in [2.05, 4.69) is 26.6 Å². The van der Waals surface area contributed by atoms with E-state index in [-0.39, 0.29) is 42.1 Å². The highest BCUT2D eigenvalue weighted by atomic mass is 35.5. The fraction of sp³-hybridized carbons (Fsp3) is 0.300. The van der Waals surface area contributed by atoms with Crippen LogP contribution in [0.15, 0.2) is 37.2 Å². The summed E-state index contributed by atoms with van der Waals surface area (Å²) < 4.78 is 41.5. The molecule has 0 unspecified atom stereocenters. The predicted molar refractivity (Wildman–Crippen MR) is 107 cm³/mol. The van der Waals surface area contributed by atoms with Crippen LogP contribution in [-0.2, 0) is 13.1 Å². The van der Waals surface area contributed by atoms with Gasteiger partial charge in [-0.1, -0.05) is 17.7 Å². The minimum absolute atomic E-state index is 0.0516. The zero-order valence-electron chi connectivity index (χ0n) is 16.5. The largest absolute Gasteiger partial charge is 0.467 e. The number of aliphatic hydroxyl groups excluding tert-OH is 1. The molecule has 3 heterocycles. The predicted octanol–water partition coefficient (Wildman–Crippen LogP) is 2.50. The molecular formula is C20H18ClF3N4O4. The Labute approximate surface area is 185 Å². The summed E-state index contributed by atoms with van der Waals surface area (Å²) in [4.78, 5) is 34.5. The lowest BCUT2D eigenvalue weighted by Crippen LogP contribution is -2.32. The third-order valence-electron chi connectivity index (χ3n) is 4.49. The standard InChI is InChI=1S/C20H18ClF3N4O4/c1-2-12(29)7-26-17(30)16-14-9-28(19(31)13(14)3-4-25-16)8-11-5-15(21)18(27-6-11)32-10-20(22,23)24/h2-6,12,29H,1,7-10H2,(H,26,30)/t12-/m1/s1. The summed E-state index contributed by atoms with van der Waals surface area (Å²) in [5.74, 6) is -1.27. The van der Waals surface area contributed by atoms with Crippen LogP contribution < -0.4 is 10.1 Å². The number of hydrogen-bond acceptors (Lipinski definition) is 6. The van der Waals surface area contributed by atoms with Gasteiger partial charge in [-0.2, -0.15) is 13.2 Å². The number of halogens is 4. The van der Waals surface area contributed by atoms with Gasteiger partial charge in [0.05, 0.1) is 6.10 Å². The number of aliphatic hydroxyl groups is 1. The fourth-order valence-corrected chi connectivity index (χ4v) is 3.25. The van der Waals surface area contributed by atoms with Crippen LogP contribution in [0.5, 0.6) is 5.88 Å². The maximum Gasteiger partial charge on any atom is 0.422 e. The van der Waals surface area contributed by atoms with Gasteiger partial charge >= 0.3 is 6.18 Å². The quantitative estimate of drug-likeness (QED) is 0.574. The first kappa shape index (κ1) is 23.5. The summed E-state index contributed by atoms with van der Waals surface area (Å²) in [5, 5.41) is 11.9. The fourth-order valence-electron chi connectivity index (χ4n) is 3.00. The Bertz CT molecular complexity index is 1050. The van der Waals surface area contributed by atoms with E-state index in [4.69, 9.17) is 11.6 Å². The Morgan fingerprint density at radius 3 is 2.84 bits per heavy atom. The zero-order valence-corrected chi connectivity index (χ0v) is 17.3. The van der Waals surface area contributed by atoms with Crippen LogP contribution in [0.4, 0.5) is 13.2 Å². The van der Waals surface area contributed by atoms with Gasteiger partial charge in [-0.05, 0) is 17.7 Å². The van der Waals surface area contributed by atoms with Crippen molar-refractivity contribution in [2.24, 2.45) is 0 Å². The molecule has 0 aromatic carbocycles. The van der Waals surface area contributed by atoms with Crippen LogP contribution in [0.1, 0.15) is 32.0 Å². The van der Waals surface area contributed by atoms with E-state index in [0.717, 1.165) is 0 Å². The van der Waals surface area contributed by atoms with Crippen LogP contribution >= 0.6 is 11.6 Å². The molecule has 0 aliphatic carbocycles. The Hall–Kier alpha value is -3.18. The molecule has 2 aromatic rings. The number of nitrogens with zero attached hydrogens (tertiary/aromatic N) is 3. The average molecular weight is 471 g/mol. The van der Waals surface area contributed by atoms with Gasteiger partial charge in [-0.3, -0.25) is 14.6 Å². The lowest BCUT2D eigenvalue weighted by molar-refractivity contribution is -0.154. The molecule has 170 valence electrons. The number of fused-ring (bicyclic) bond motifs is 1. The molecule has 3 rings (SSSR count). The number of rotatable bonds is 8. The van der Waals surface area contributed by atoms with Gasteiger partial charge in [0.1, 0.15) is 10.7 Å². The topological polar surface area (TPSA) is 105 Å². The number of pyridine rings is 2. The summed E-state index contributed by atoms with van der Waals surface area (Å²) >= 11 is 5.96. The molecular weight excluding hydrogens is 453 g/mol. The van der Waals surface area contributed by atoms with Crippen molar-refractivity contribution in [3.05, 3.63) is 64.6 Å². The highest BCUT2D eigenvalue weighted by molar-refractivity contribution is 6.31. The van der Waals surface area contributed by atoms with Crippen molar-refractivity contribution in [2.45, 2.75) is 25.4 Å². The van der Waals surface area contributed by atoms with Crippen molar-refractivity contribution >= 4 is 23.4 Å². The van der Waals surface area contributed by atoms with Gasteiger partial charge < -0.3 is 20.1 Å². The molecule has 2 aromatic heterocycles. The average Bonchev–Trinajstić information content (AvgIpc) is 3.06. The number of amides is 2. The minimum Gasteiger partial charge on any atom is -0.467 e. The molecule has 8 nitrogen and oxygen atoms in total. The van der Waals surface area contributed by atoms with Crippen molar-refractivity contribution in [1.82, 2.24) is 20.2 Å². The summed E-state index contributed by atoms with van der Waals surface area (Å²) in [6.07, 6.45) is -1.58. The highest BCUT2D eigenvalue weighted by Crippen LogP contribution is 2.29. The molecule has 32 heavy (non-hydrogen) atoms. The van der Waals surface area contributed by atoms with Gasteiger partial charge in [0, 0.05) is 43.2 Å². The molecule has 0 bridgehead atoms. The second-order valence-electron chi connectivity index (χ2n) is 6.89. The molecule has 1 aliphatic heterocycles. The molecule has 0 fully saturated rings. The maximum absolute atomic E-state index is 12.8. The van der Waals surface area contributed by atoms with Crippen molar-refractivity contribution in [1.29, 1.82) is 0 Å². The Balaban J connectivity index is 1.71. The lowest BCUT2D eigenvalue weighted by atomic mass is 10.1. The van der Waals surface area contributed by atoms with E-state index in [0.29, 0.717) is 16.7 Å². The first-order valence-electron chi connectivity index (χ1n) is 9.29. The highest BCUT2D eigenvalue weighted by Gasteiger charge is 2.32. The van der Waals surface area contributed by atoms with Gasteiger partial charge in [-0.15, -0.1) is 6.58 Å². The monoisotopic (exact) mass is 470 g/mol. The van der Waals surface area contributed by atoms with Crippen LogP contribution in [-0.4, -0.2) is 57.2 Å². The number of hydrogen-bond donors (Lipinski definition) is 2. The lowest BCUT2D eigenvalue weighted by Gasteiger charge is -2.16. The van der Waals surface area contributed by atoms with Crippen LogP contribution in [0.2, 0.25) is 5.02 Å². The van der Waals surface area contributed by atoms with Crippen LogP contribution in [0, 0.1) is 0 Å². The van der Waals surface area contributed by atoms with Gasteiger partial charge in [0.15, 0.2) is 6.61 Å². The molecule has 0 spiro atoms. The first-order valence-corrected chi connectivity index (χ1v) is 9.66. The van der Waals surface area contributed by atoms with E-state index in [9.17, 15) is 27.9 Å². The molecule has 0 radical (unpaired) electrons. The Kier molecular flexibility index (Phi) is 6.99. The minimum atomic E-state index is -4.53. The van der Waals surface area contributed by atoms with Crippen molar-refractivity contribution in [3.8, 4) is 5.88 Å². The van der Waals surface area contributed by atoms with E-state index < -0.39 is 24.8 Å². The third kappa shape index (κ3) is 5.54. The van der Waals surface area contributed by atoms with Gasteiger partial charge in [-0.25, -0.2) is 4.98 Å². The van der Waals surface area contributed by atoms with E-state index in [1.807, 2.05) is 0 Å². The van der Waals surface area contributed by atoms with Crippen LogP contribution in [0.25, 0.3) is 0 Å². The number of carbonyl (C=O) groups excluding carboxylic acids is 2. The van der Waals surface area contributed by atoms with E-state index in [1.165, 1.54) is 35.5 Å². The van der Waals surface area contributed by atoms with Crippen molar-refractivity contribution in [3.63, 3.8) is 0 Å². The number of ether oxygens (including phenoxy) is 1. The number of nitrogens with one attached hydrogen (secondary N) is 1. The van der Waals surface area contributed by atoms with Crippen molar-refractivity contribution < 1.29 is 32.6 Å². The van der Waals surface area contributed by atoms with E-state index in [1.54, 1.807) is 0 Å². The summed E-state index contributed by atoms with van der Waals surface area (Å²) in [7, 11) is 0. The number of alkyl halides is 3. The van der Waals surface area contributed by atoms with Gasteiger partial charge in [0.2, 0.25) is 5.88 Å². The second-order valence-corrected chi connectivity index (χ2v) is 7.30. The molecule has 0 saturated heterocycles. The molecule has 1 atom stereocenters. The molecule has 2 N–H and O–H groups in total. The molecule has 1 aliphatic rings. The Morgan fingerprint density at radius 1 is 1.44 bits per heavy atom. The normalized spacial score (nSPS) is 14.2. The summed E-state index contributed by atoms with van der Waals surface area (Å²) in [5.41, 5.74) is 1.25. The Morgan fingerprint density at radius 2 is 2.19 bits per heavy atom. The number of aromatic nitrogens is 2.